The van der Waals surface area contributed by atoms with Crippen molar-refractivity contribution in [1.29, 1.82) is 0 Å². The van der Waals surface area contributed by atoms with Crippen LogP contribution in [-0.4, -0.2) is 23.0 Å². The Hall–Kier alpha value is -1.06. The molecule has 3 rings (SSSR count). The molecule has 4 unspecified atom stereocenters. The van der Waals surface area contributed by atoms with Crippen molar-refractivity contribution in [2.24, 2.45) is 23.2 Å². The minimum Gasteiger partial charge on any atom is -0.481 e. The van der Waals surface area contributed by atoms with E-state index >= 15 is 0 Å². The van der Waals surface area contributed by atoms with Crippen molar-refractivity contribution in [1.82, 2.24) is 5.32 Å². The third-order valence-corrected chi connectivity index (χ3v) is 5.75. The van der Waals surface area contributed by atoms with Crippen LogP contribution in [0, 0.1) is 23.2 Å². The van der Waals surface area contributed by atoms with E-state index in [1.807, 2.05) is 6.92 Å². The number of carbonyl (C=O) groups excluding carboxylic acids is 1. The second kappa shape index (κ2) is 4.50. The SMILES string of the molecule is CC1(C(=O)NC2C3CCC(C3)C2C(=O)O)CCCC1. The summed E-state index contributed by atoms with van der Waals surface area (Å²) in [5.41, 5.74) is -0.259. The van der Waals surface area contributed by atoms with E-state index in [0.717, 1.165) is 44.9 Å². The molecule has 4 atom stereocenters. The van der Waals surface area contributed by atoms with Gasteiger partial charge in [-0.1, -0.05) is 19.8 Å². The molecule has 0 aromatic heterocycles. The van der Waals surface area contributed by atoms with Gasteiger partial charge in [-0.2, -0.15) is 0 Å². The normalized spacial score (nSPS) is 39.4. The van der Waals surface area contributed by atoms with Crippen LogP contribution in [0.4, 0.5) is 0 Å². The van der Waals surface area contributed by atoms with E-state index in [1.54, 1.807) is 0 Å². The van der Waals surface area contributed by atoms with Crippen molar-refractivity contribution in [2.75, 3.05) is 0 Å². The van der Waals surface area contributed by atoms with Gasteiger partial charge >= 0.3 is 5.97 Å². The van der Waals surface area contributed by atoms with E-state index < -0.39 is 5.97 Å². The number of carboxylic acid groups (broad SMARTS) is 1. The predicted molar refractivity (Wildman–Crippen MR) is 70.5 cm³/mol. The van der Waals surface area contributed by atoms with Crippen LogP contribution in [0.3, 0.4) is 0 Å². The summed E-state index contributed by atoms with van der Waals surface area (Å²) >= 11 is 0. The lowest BCUT2D eigenvalue weighted by Crippen LogP contribution is -2.50. The summed E-state index contributed by atoms with van der Waals surface area (Å²) in [5, 5.41) is 12.5. The molecule has 2 N–H and O–H groups in total. The molecule has 19 heavy (non-hydrogen) atoms. The van der Waals surface area contributed by atoms with Crippen molar-refractivity contribution in [3.63, 3.8) is 0 Å². The van der Waals surface area contributed by atoms with Crippen LogP contribution in [0.1, 0.15) is 51.9 Å². The highest BCUT2D eigenvalue weighted by Gasteiger charge is 2.52. The number of nitrogens with one attached hydrogen (secondary N) is 1. The van der Waals surface area contributed by atoms with E-state index in [0.29, 0.717) is 5.92 Å². The number of amides is 1. The molecule has 1 amide bonds. The van der Waals surface area contributed by atoms with Gasteiger partial charge in [-0.25, -0.2) is 0 Å². The lowest BCUT2D eigenvalue weighted by molar-refractivity contribution is -0.145. The summed E-state index contributed by atoms with van der Waals surface area (Å²) < 4.78 is 0. The number of rotatable bonds is 3. The van der Waals surface area contributed by atoms with E-state index in [9.17, 15) is 14.7 Å². The van der Waals surface area contributed by atoms with Gasteiger partial charge in [0.05, 0.1) is 5.92 Å². The second-order valence-corrected chi connectivity index (χ2v) is 6.96. The molecule has 106 valence electrons. The summed E-state index contributed by atoms with van der Waals surface area (Å²) in [6.07, 6.45) is 7.20. The summed E-state index contributed by atoms with van der Waals surface area (Å²) in [4.78, 5) is 23.9. The highest BCUT2D eigenvalue weighted by atomic mass is 16.4. The van der Waals surface area contributed by atoms with Crippen LogP contribution in [0.5, 0.6) is 0 Å². The van der Waals surface area contributed by atoms with Crippen LogP contribution in [0.25, 0.3) is 0 Å². The van der Waals surface area contributed by atoms with Crippen molar-refractivity contribution in [2.45, 2.75) is 57.9 Å². The molecule has 2 bridgehead atoms. The third-order valence-electron chi connectivity index (χ3n) is 5.75. The third kappa shape index (κ3) is 2.05. The monoisotopic (exact) mass is 265 g/mol. The second-order valence-electron chi connectivity index (χ2n) is 6.96. The lowest BCUT2D eigenvalue weighted by atomic mass is 9.82. The fourth-order valence-electron chi connectivity index (χ4n) is 4.56. The van der Waals surface area contributed by atoms with Gasteiger partial charge in [-0.15, -0.1) is 0 Å². The first-order valence-corrected chi connectivity index (χ1v) is 7.55. The highest BCUT2D eigenvalue weighted by molar-refractivity contribution is 5.84. The molecule has 0 aromatic carbocycles. The molecule has 0 heterocycles. The first kappa shape index (κ1) is 12.9. The minimum absolute atomic E-state index is 0.0915. The first-order chi connectivity index (χ1) is 9.01. The van der Waals surface area contributed by atoms with E-state index in [-0.39, 0.29) is 29.2 Å². The van der Waals surface area contributed by atoms with Crippen LogP contribution in [0.2, 0.25) is 0 Å². The molecule has 0 radical (unpaired) electrons. The Balaban J connectivity index is 1.72. The largest absolute Gasteiger partial charge is 0.481 e. The fraction of sp³-hybridized carbons (Fsp3) is 0.867. The molecule has 3 aliphatic rings. The van der Waals surface area contributed by atoms with Crippen molar-refractivity contribution in [3.05, 3.63) is 0 Å². The predicted octanol–water partition coefficient (Wildman–Crippen LogP) is 2.18. The molecule has 0 aliphatic heterocycles. The summed E-state index contributed by atoms with van der Waals surface area (Å²) in [6.45, 7) is 2.03. The maximum atomic E-state index is 12.5. The van der Waals surface area contributed by atoms with Gasteiger partial charge in [0.15, 0.2) is 0 Å². The number of carbonyl (C=O) groups is 2. The number of fused-ring (bicyclic) bond motifs is 2. The van der Waals surface area contributed by atoms with Gasteiger partial charge in [0, 0.05) is 11.5 Å². The maximum absolute atomic E-state index is 12.5. The van der Waals surface area contributed by atoms with E-state index in [2.05, 4.69) is 5.32 Å². The van der Waals surface area contributed by atoms with Crippen LogP contribution in [-0.2, 0) is 9.59 Å². The molecular weight excluding hydrogens is 242 g/mol. The minimum atomic E-state index is -0.728. The fourth-order valence-corrected chi connectivity index (χ4v) is 4.56. The Morgan fingerprint density at radius 1 is 1.16 bits per heavy atom. The van der Waals surface area contributed by atoms with Crippen LogP contribution >= 0.6 is 0 Å². The van der Waals surface area contributed by atoms with Crippen LogP contribution in [0.15, 0.2) is 0 Å². The quantitative estimate of drug-likeness (QED) is 0.822. The maximum Gasteiger partial charge on any atom is 0.308 e. The van der Waals surface area contributed by atoms with Gasteiger partial charge in [-0.05, 0) is 43.9 Å². The van der Waals surface area contributed by atoms with E-state index in [4.69, 9.17) is 0 Å². The van der Waals surface area contributed by atoms with Gasteiger partial charge < -0.3 is 10.4 Å². The molecule has 3 fully saturated rings. The average molecular weight is 265 g/mol. The summed E-state index contributed by atoms with van der Waals surface area (Å²) in [7, 11) is 0. The topological polar surface area (TPSA) is 66.4 Å². The molecule has 3 saturated carbocycles. The van der Waals surface area contributed by atoms with Crippen molar-refractivity contribution in [3.8, 4) is 0 Å². The van der Waals surface area contributed by atoms with Gasteiger partial charge in [0.1, 0.15) is 0 Å². The van der Waals surface area contributed by atoms with Gasteiger partial charge in [-0.3, -0.25) is 9.59 Å². The Labute approximate surface area is 113 Å². The zero-order chi connectivity index (χ0) is 13.6. The molecule has 0 saturated heterocycles. The molecule has 0 spiro atoms. The summed E-state index contributed by atoms with van der Waals surface area (Å²) in [5.74, 6) is -0.320. The first-order valence-electron chi connectivity index (χ1n) is 7.55. The van der Waals surface area contributed by atoms with Gasteiger partial charge in [0.25, 0.3) is 0 Å². The number of hydrogen-bond donors (Lipinski definition) is 2. The number of aliphatic carboxylic acids is 1. The molecule has 4 nitrogen and oxygen atoms in total. The smallest absolute Gasteiger partial charge is 0.308 e. The standard InChI is InChI=1S/C15H23NO3/c1-15(6-2-3-7-15)14(19)16-12-10-5-4-9(8-10)11(12)13(17)18/h9-12H,2-8H2,1H3,(H,16,19)(H,17,18). The van der Waals surface area contributed by atoms with Gasteiger partial charge in [0.2, 0.25) is 5.91 Å². The molecule has 3 aliphatic carbocycles. The zero-order valence-corrected chi connectivity index (χ0v) is 11.5. The van der Waals surface area contributed by atoms with Crippen molar-refractivity contribution < 1.29 is 14.7 Å². The summed E-state index contributed by atoms with van der Waals surface area (Å²) in [6, 6.07) is -0.124. The highest BCUT2D eigenvalue weighted by Crippen LogP contribution is 2.49. The van der Waals surface area contributed by atoms with Crippen molar-refractivity contribution >= 4 is 11.9 Å². The molecular formula is C15H23NO3. The zero-order valence-electron chi connectivity index (χ0n) is 11.5. The Morgan fingerprint density at radius 3 is 2.42 bits per heavy atom. The number of hydrogen-bond acceptors (Lipinski definition) is 2. The average Bonchev–Trinajstić information content (AvgIpc) is 3.04. The number of carboxylic acids is 1. The Kier molecular flexibility index (Phi) is 3.06. The molecule has 4 heteroatoms. The molecule has 0 aromatic rings. The lowest BCUT2D eigenvalue weighted by Gasteiger charge is -2.32. The van der Waals surface area contributed by atoms with Crippen LogP contribution < -0.4 is 5.32 Å². The Morgan fingerprint density at radius 2 is 1.79 bits per heavy atom. The Bertz CT molecular complexity index is 400. The van der Waals surface area contributed by atoms with E-state index in [1.165, 1.54) is 0 Å².